The van der Waals surface area contributed by atoms with Crippen LogP contribution in [0.25, 0.3) is 16.7 Å². The fraction of sp³-hybridized carbons (Fsp3) is 0.303. The van der Waals surface area contributed by atoms with E-state index in [1.54, 1.807) is 9.25 Å². The third-order valence-corrected chi connectivity index (χ3v) is 7.38. The van der Waals surface area contributed by atoms with Crippen molar-refractivity contribution in [3.8, 4) is 11.1 Å². The zero-order valence-electron chi connectivity index (χ0n) is 23.0. The Kier molecular flexibility index (Phi) is 7.13. The SMILES string of the molecule is CCn1c(CC2C=C2c2ccc(-c3cccc(CC(=O)O)c3)cc2)nn(Cc2ccc(C(C)(C)C)cc2)c1=O. The minimum absolute atomic E-state index is 0.0164. The number of rotatable bonds is 9. The molecule has 1 N–H and O–H groups in total. The summed E-state index contributed by atoms with van der Waals surface area (Å²) in [4.78, 5) is 24.1. The van der Waals surface area contributed by atoms with Crippen molar-refractivity contribution in [3.63, 3.8) is 0 Å². The Morgan fingerprint density at radius 3 is 2.26 bits per heavy atom. The number of hydrogen-bond acceptors (Lipinski definition) is 3. The second-order valence-corrected chi connectivity index (χ2v) is 11.3. The van der Waals surface area contributed by atoms with Crippen LogP contribution < -0.4 is 5.69 Å². The maximum atomic E-state index is 13.1. The Morgan fingerprint density at radius 1 is 0.923 bits per heavy atom. The van der Waals surface area contributed by atoms with Crippen LogP contribution in [-0.4, -0.2) is 25.4 Å². The zero-order chi connectivity index (χ0) is 27.7. The highest BCUT2D eigenvalue weighted by Crippen LogP contribution is 2.41. The van der Waals surface area contributed by atoms with Gasteiger partial charge in [-0.1, -0.05) is 99.6 Å². The number of carbonyl (C=O) groups is 1. The van der Waals surface area contributed by atoms with Crippen molar-refractivity contribution in [2.24, 2.45) is 5.92 Å². The van der Waals surface area contributed by atoms with Crippen molar-refractivity contribution in [1.82, 2.24) is 14.3 Å². The van der Waals surface area contributed by atoms with Crippen molar-refractivity contribution in [1.29, 1.82) is 0 Å². The van der Waals surface area contributed by atoms with Gasteiger partial charge in [0.15, 0.2) is 0 Å². The molecular weight excluding hydrogens is 486 g/mol. The van der Waals surface area contributed by atoms with Crippen LogP contribution in [0.15, 0.2) is 83.7 Å². The summed E-state index contributed by atoms with van der Waals surface area (Å²) in [6, 6.07) is 24.5. The Balaban J connectivity index is 1.26. The van der Waals surface area contributed by atoms with E-state index in [-0.39, 0.29) is 23.4 Å². The molecule has 0 saturated heterocycles. The Labute approximate surface area is 229 Å². The summed E-state index contributed by atoms with van der Waals surface area (Å²) in [6.45, 7) is 9.62. The maximum absolute atomic E-state index is 13.1. The number of aromatic nitrogens is 3. The minimum atomic E-state index is -0.831. The molecule has 1 aliphatic rings. The first-order valence-corrected chi connectivity index (χ1v) is 13.5. The van der Waals surface area contributed by atoms with Gasteiger partial charge >= 0.3 is 11.7 Å². The van der Waals surface area contributed by atoms with E-state index in [1.807, 2.05) is 31.2 Å². The van der Waals surface area contributed by atoms with Gasteiger partial charge in [0.2, 0.25) is 0 Å². The van der Waals surface area contributed by atoms with Crippen LogP contribution >= 0.6 is 0 Å². The highest BCUT2D eigenvalue weighted by molar-refractivity contribution is 5.82. The first-order valence-electron chi connectivity index (χ1n) is 13.5. The molecule has 200 valence electrons. The zero-order valence-corrected chi connectivity index (χ0v) is 23.0. The number of allylic oxidation sites excluding steroid dienone is 2. The predicted molar refractivity (Wildman–Crippen MR) is 155 cm³/mol. The second-order valence-electron chi connectivity index (χ2n) is 11.3. The Bertz CT molecular complexity index is 1580. The summed E-state index contributed by atoms with van der Waals surface area (Å²) in [6.07, 6.45) is 2.95. The standard InChI is InChI=1S/C33H35N3O3/c1-5-35-30(34-36(32(35)39)21-22-9-15-28(16-10-22)33(2,3)4)20-27-19-29(27)25-13-11-24(12-14-25)26-8-6-7-23(17-26)18-31(37)38/h6-17,19,27H,5,18,20-21H2,1-4H3,(H,37,38). The molecule has 1 unspecified atom stereocenters. The van der Waals surface area contributed by atoms with Gasteiger partial charge in [-0.05, 0) is 51.3 Å². The number of benzene rings is 3. The summed E-state index contributed by atoms with van der Waals surface area (Å²) in [5.41, 5.74) is 7.64. The smallest absolute Gasteiger partial charge is 0.346 e. The van der Waals surface area contributed by atoms with E-state index < -0.39 is 5.97 Å². The lowest BCUT2D eigenvalue weighted by Gasteiger charge is -2.19. The molecule has 6 heteroatoms. The lowest BCUT2D eigenvalue weighted by Crippen LogP contribution is -2.25. The average Bonchev–Trinajstić information content (AvgIpc) is 3.60. The topological polar surface area (TPSA) is 77.1 Å². The van der Waals surface area contributed by atoms with Crippen molar-refractivity contribution >= 4 is 11.5 Å². The molecule has 39 heavy (non-hydrogen) atoms. The van der Waals surface area contributed by atoms with Gasteiger partial charge in [0.25, 0.3) is 0 Å². The van der Waals surface area contributed by atoms with Crippen LogP contribution in [-0.2, 0) is 36.1 Å². The lowest BCUT2D eigenvalue weighted by molar-refractivity contribution is -0.136. The summed E-state index contributed by atoms with van der Waals surface area (Å²) in [7, 11) is 0. The molecule has 0 fully saturated rings. The maximum Gasteiger partial charge on any atom is 0.346 e. The van der Waals surface area contributed by atoms with E-state index in [4.69, 9.17) is 10.2 Å². The summed E-state index contributed by atoms with van der Waals surface area (Å²) >= 11 is 0. The van der Waals surface area contributed by atoms with Crippen LogP contribution in [0.3, 0.4) is 0 Å². The van der Waals surface area contributed by atoms with Gasteiger partial charge in [0.05, 0.1) is 13.0 Å². The first-order chi connectivity index (χ1) is 18.6. The van der Waals surface area contributed by atoms with Crippen molar-refractivity contribution in [2.45, 2.75) is 59.0 Å². The number of aliphatic carboxylic acids is 1. The molecular formula is C33H35N3O3. The van der Waals surface area contributed by atoms with Gasteiger partial charge in [-0.3, -0.25) is 9.36 Å². The molecule has 1 aromatic heterocycles. The molecule has 1 aliphatic carbocycles. The molecule has 3 aromatic carbocycles. The fourth-order valence-corrected chi connectivity index (χ4v) is 5.08. The van der Waals surface area contributed by atoms with Crippen LogP contribution in [0.4, 0.5) is 0 Å². The average molecular weight is 522 g/mol. The van der Waals surface area contributed by atoms with Crippen molar-refractivity contribution in [2.75, 3.05) is 0 Å². The molecule has 0 bridgehead atoms. The van der Waals surface area contributed by atoms with E-state index in [0.717, 1.165) is 33.6 Å². The van der Waals surface area contributed by atoms with Crippen LogP contribution in [0.2, 0.25) is 0 Å². The first kappa shape index (κ1) is 26.4. The van der Waals surface area contributed by atoms with E-state index in [0.29, 0.717) is 19.5 Å². The van der Waals surface area contributed by atoms with Gasteiger partial charge in [-0.15, -0.1) is 0 Å². The lowest BCUT2D eigenvalue weighted by atomic mass is 9.87. The normalized spacial score (nSPS) is 14.8. The van der Waals surface area contributed by atoms with Gasteiger partial charge in [0, 0.05) is 18.9 Å². The minimum Gasteiger partial charge on any atom is -0.481 e. The second kappa shape index (κ2) is 10.5. The van der Waals surface area contributed by atoms with Crippen molar-refractivity contribution < 1.29 is 9.90 Å². The molecule has 0 saturated carbocycles. The van der Waals surface area contributed by atoms with Gasteiger partial charge in [0.1, 0.15) is 5.82 Å². The van der Waals surface area contributed by atoms with Crippen molar-refractivity contribution in [3.05, 3.63) is 117 Å². The highest BCUT2D eigenvalue weighted by atomic mass is 16.4. The highest BCUT2D eigenvalue weighted by Gasteiger charge is 2.29. The third-order valence-electron chi connectivity index (χ3n) is 7.38. The molecule has 4 aromatic rings. The summed E-state index contributed by atoms with van der Waals surface area (Å²) in [5.74, 6) is 0.251. The van der Waals surface area contributed by atoms with Crippen LogP contribution in [0, 0.1) is 5.92 Å². The van der Waals surface area contributed by atoms with Gasteiger partial charge < -0.3 is 5.11 Å². The molecule has 1 heterocycles. The van der Waals surface area contributed by atoms with E-state index >= 15 is 0 Å². The molecule has 1 atom stereocenters. The monoisotopic (exact) mass is 521 g/mol. The number of carboxylic acid groups (broad SMARTS) is 1. The largest absolute Gasteiger partial charge is 0.481 e. The van der Waals surface area contributed by atoms with Gasteiger partial charge in [-0.2, -0.15) is 5.10 Å². The molecule has 0 amide bonds. The van der Waals surface area contributed by atoms with E-state index in [2.05, 4.69) is 75.4 Å². The summed E-state index contributed by atoms with van der Waals surface area (Å²) in [5, 5.41) is 13.8. The van der Waals surface area contributed by atoms with Crippen LogP contribution in [0.5, 0.6) is 0 Å². The molecule has 0 radical (unpaired) electrons. The molecule has 6 nitrogen and oxygen atoms in total. The summed E-state index contributed by atoms with van der Waals surface area (Å²) < 4.78 is 3.36. The number of nitrogens with zero attached hydrogens (tertiary/aromatic N) is 3. The fourth-order valence-electron chi connectivity index (χ4n) is 5.08. The molecule has 5 rings (SSSR count). The van der Waals surface area contributed by atoms with E-state index in [1.165, 1.54) is 11.1 Å². The van der Waals surface area contributed by atoms with Gasteiger partial charge in [-0.25, -0.2) is 9.48 Å². The third kappa shape index (κ3) is 5.95. The molecule has 0 spiro atoms. The number of hydrogen-bond donors (Lipinski definition) is 1. The predicted octanol–water partition coefficient (Wildman–Crippen LogP) is 5.96. The van der Waals surface area contributed by atoms with Crippen LogP contribution in [0.1, 0.15) is 55.8 Å². The quantitative estimate of drug-likeness (QED) is 0.295. The Morgan fingerprint density at radius 2 is 1.62 bits per heavy atom. The Hall–Kier alpha value is -4.19. The number of carboxylic acids is 1. The van der Waals surface area contributed by atoms with E-state index in [9.17, 15) is 9.59 Å². The molecule has 0 aliphatic heterocycles.